The third-order valence-corrected chi connectivity index (χ3v) is 8.51. The highest BCUT2D eigenvalue weighted by molar-refractivity contribution is 9.10. The Bertz CT molecular complexity index is 1380. The molecule has 0 bridgehead atoms. The Morgan fingerprint density at radius 2 is 1.91 bits per heavy atom. The summed E-state index contributed by atoms with van der Waals surface area (Å²) in [5.41, 5.74) is 1.66. The summed E-state index contributed by atoms with van der Waals surface area (Å²) in [4.78, 5) is 23.8. The van der Waals surface area contributed by atoms with Gasteiger partial charge in [0.05, 0.1) is 27.4 Å². The van der Waals surface area contributed by atoms with E-state index in [1.807, 2.05) is 30.3 Å². The molecule has 0 N–H and O–H groups in total. The lowest BCUT2D eigenvalue weighted by Crippen LogP contribution is -2.30. The lowest BCUT2D eigenvalue weighted by atomic mass is 10.2. The molecule has 1 amide bonds. The topological polar surface area (TPSA) is 80.2 Å². The van der Waals surface area contributed by atoms with Crippen molar-refractivity contribution in [3.63, 3.8) is 0 Å². The van der Waals surface area contributed by atoms with Crippen molar-refractivity contribution in [3.8, 4) is 0 Å². The molecule has 2 aromatic heterocycles. The number of sulfone groups is 1. The first-order chi connectivity index (χ1) is 15.8. The van der Waals surface area contributed by atoms with E-state index < -0.39 is 9.84 Å². The van der Waals surface area contributed by atoms with E-state index >= 15 is 0 Å². The van der Waals surface area contributed by atoms with Gasteiger partial charge in [0.25, 0.3) is 0 Å². The number of amides is 1. The predicted octanol–water partition coefficient (Wildman–Crippen LogP) is 5.89. The SMILES string of the molecule is O=C(CCCS(=O)(=O)c1ccc(Cl)cc1)N(Cc1cccnc1)c1nc2ccc(Br)cc2s1. The van der Waals surface area contributed by atoms with Crippen LogP contribution in [0.4, 0.5) is 5.13 Å². The Labute approximate surface area is 209 Å². The summed E-state index contributed by atoms with van der Waals surface area (Å²) in [5.74, 6) is -0.322. The van der Waals surface area contributed by atoms with E-state index in [4.69, 9.17) is 11.6 Å². The number of anilines is 1. The zero-order valence-corrected chi connectivity index (χ0v) is 21.3. The molecule has 0 atom stereocenters. The molecular formula is C23H19BrClN3O3S2. The number of thiazole rings is 1. The Morgan fingerprint density at radius 3 is 2.64 bits per heavy atom. The van der Waals surface area contributed by atoms with Crippen molar-refractivity contribution in [1.29, 1.82) is 0 Å². The number of hydrogen-bond donors (Lipinski definition) is 0. The second kappa shape index (κ2) is 10.3. The lowest BCUT2D eigenvalue weighted by molar-refractivity contribution is -0.118. The monoisotopic (exact) mass is 563 g/mol. The summed E-state index contributed by atoms with van der Waals surface area (Å²) < 4.78 is 27.1. The van der Waals surface area contributed by atoms with Crippen molar-refractivity contribution in [2.45, 2.75) is 24.3 Å². The molecule has 0 radical (unpaired) electrons. The average Bonchev–Trinajstić information content (AvgIpc) is 3.21. The van der Waals surface area contributed by atoms with Crippen LogP contribution in [-0.2, 0) is 21.2 Å². The highest BCUT2D eigenvalue weighted by atomic mass is 79.9. The molecule has 0 saturated carbocycles. The van der Waals surface area contributed by atoms with Gasteiger partial charge in [-0.2, -0.15) is 0 Å². The maximum atomic E-state index is 13.2. The van der Waals surface area contributed by atoms with Crippen LogP contribution >= 0.6 is 38.9 Å². The molecule has 0 unspecified atom stereocenters. The van der Waals surface area contributed by atoms with Crippen molar-refractivity contribution in [2.75, 3.05) is 10.7 Å². The quantitative estimate of drug-likeness (QED) is 0.266. The summed E-state index contributed by atoms with van der Waals surface area (Å²) in [7, 11) is -3.50. The number of carbonyl (C=O) groups is 1. The van der Waals surface area contributed by atoms with Gasteiger partial charge < -0.3 is 0 Å². The smallest absolute Gasteiger partial charge is 0.229 e. The third kappa shape index (κ3) is 5.97. The summed E-state index contributed by atoms with van der Waals surface area (Å²) in [6.07, 6.45) is 3.65. The second-order valence-electron chi connectivity index (χ2n) is 7.33. The van der Waals surface area contributed by atoms with E-state index in [1.165, 1.54) is 23.5 Å². The Morgan fingerprint density at radius 1 is 1.12 bits per heavy atom. The van der Waals surface area contributed by atoms with Gasteiger partial charge in [-0.1, -0.05) is 44.9 Å². The Balaban J connectivity index is 1.52. The standard InChI is InChI=1S/C23H19BrClN3O3S2/c24-17-5-10-20-21(13-17)32-23(27-20)28(15-16-3-1-11-26-14-16)22(29)4-2-12-33(30,31)19-8-6-18(25)7-9-19/h1,3,5-11,13-14H,2,4,12,15H2. The molecule has 4 rings (SSSR count). The number of carbonyl (C=O) groups excluding carboxylic acids is 1. The van der Waals surface area contributed by atoms with Crippen molar-refractivity contribution >= 4 is 70.0 Å². The van der Waals surface area contributed by atoms with Gasteiger partial charge in [0.15, 0.2) is 15.0 Å². The van der Waals surface area contributed by atoms with Crippen molar-refractivity contribution in [1.82, 2.24) is 9.97 Å². The highest BCUT2D eigenvalue weighted by Crippen LogP contribution is 2.32. The van der Waals surface area contributed by atoms with E-state index in [0.717, 1.165) is 20.3 Å². The molecule has 4 aromatic rings. The number of aromatic nitrogens is 2. The summed E-state index contributed by atoms with van der Waals surface area (Å²) >= 11 is 10.7. The molecule has 0 fully saturated rings. The number of pyridine rings is 1. The van der Waals surface area contributed by atoms with Crippen LogP contribution in [0.2, 0.25) is 5.02 Å². The first kappa shape index (κ1) is 23.8. The Kier molecular flexibility index (Phi) is 7.43. The van der Waals surface area contributed by atoms with Crippen molar-refractivity contribution in [3.05, 3.63) is 82.0 Å². The molecular weight excluding hydrogens is 546 g/mol. The number of halogens is 2. The van der Waals surface area contributed by atoms with Gasteiger partial charge in [0, 0.05) is 28.3 Å². The van der Waals surface area contributed by atoms with Crippen molar-refractivity contribution < 1.29 is 13.2 Å². The van der Waals surface area contributed by atoms with E-state index in [2.05, 4.69) is 25.9 Å². The third-order valence-electron chi connectivity index (χ3n) is 4.91. The van der Waals surface area contributed by atoms with Crippen LogP contribution in [0.1, 0.15) is 18.4 Å². The molecule has 0 saturated heterocycles. The number of hydrogen-bond acceptors (Lipinski definition) is 6. The van der Waals surface area contributed by atoms with Crippen molar-refractivity contribution in [2.24, 2.45) is 0 Å². The molecule has 33 heavy (non-hydrogen) atoms. The van der Waals surface area contributed by atoms with Crippen LogP contribution < -0.4 is 4.90 Å². The van der Waals surface area contributed by atoms with E-state index in [1.54, 1.807) is 29.4 Å². The van der Waals surface area contributed by atoms with Crippen LogP contribution in [0.15, 0.2) is 76.4 Å². The van der Waals surface area contributed by atoms with Crippen LogP contribution in [0.5, 0.6) is 0 Å². The maximum absolute atomic E-state index is 13.2. The minimum absolute atomic E-state index is 0.0761. The molecule has 2 aromatic carbocycles. The van der Waals surface area contributed by atoms with E-state index in [-0.39, 0.29) is 29.4 Å². The fraction of sp³-hybridized carbons (Fsp3) is 0.174. The number of rotatable bonds is 8. The van der Waals surface area contributed by atoms with Gasteiger partial charge in [0.1, 0.15) is 0 Å². The molecule has 0 spiro atoms. The minimum atomic E-state index is -3.50. The van der Waals surface area contributed by atoms with E-state index in [0.29, 0.717) is 16.7 Å². The van der Waals surface area contributed by atoms with E-state index in [9.17, 15) is 13.2 Å². The maximum Gasteiger partial charge on any atom is 0.229 e. The first-order valence-corrected chi connectivity index (χ1v) is 13.7. The Hall–Kier alpha value is -2.33. The highest BCUT2D eigenvalue weighted by Gasteiger charge is 2.22. The molecule has 0 aliphatic rings. The first-order valence-electron chi connectivity index (χ1n) is 10.1. The summed E-state index contributed by atoms with van der Waals surface area (Å²) in [5, 5.41) is 1.04. The van der Waals surface area contributed by atoms with Crippen LogP contribution in [0.25, 0.3) is 10.2 Å². The number of nitrogens with zero attached hydrogens (tertiary/aromatic N) is 3. The van der Waals surface area contributed by atoms with Gasteiger partial charge in [0.2, 0.25) is 5.91 Å². The van der Waals surface area contributed by atoms with Crippen LogP contribution in [0, 0.1) is 0 Å². The van der Waals surface area contributed by atoms with Gasteiger partial charge >= 0.3 is 0 Å². The molecule has 2 heterocycles. The van der Waals surface area contributed by atoms with Gasteiger partial charge in [-0.3, -0.25) is 14.7 Å². The largest absolute Gasteiger partial charge is 0.284 e. The molecule has 10 heteroatoms. The molecule has 6 nitrogen and oxygen atoms in total. The molecule has 0 aliphatic heterocycles. The fourth-order valence-electron chi connectivity index (χ4n) is 3.25. The number of benzene rings is 2. The predicted molar refractivity (Wildman–Crippen MR) is 135 cm³/mol. The lowest BCUT2D eigenvalue weighted by Gasteiger charge is -2.20. The summed E-state index contributed by atoms with van der Waals surface area (Å²) in [6, 6.07) is 15.5. The van der Waals surface area contributed by atoms with Gasteiger partial charge in [-0.15, -0.1) is 0 Å². The average molecular weight is 565 g/mol. The fourth-order valence-corrected chi connectivity index (χ4v) is 6.22. The summed E-state index contributed by atoms with van der Waals surface area (Å²) in [6.45, 7) is 0.303. The van der Waals surface area contributed by atoms with Crippen LogP contribution in [-0.4, -0.2) is 30.0 Å². The number of fused-ring (bicyclic) bond motifs is 1. The zero-order valence-electron chi connectivity index (χ0n) is 17.3. The van der Waals surface area contributed by atoms with Gasteiger partial charge in [-0.05, 0) is 60.5 Å². The van der Waals surface area contributed by atoms with Gasteiger partial charge in [-0.25, -0.2) is 13.4 Å². The second-order valence-corrected chi connectivity index (χ2v) is 11.8. The minimum Gasteiger partial charge on any atom is -0.284 e. The van der Waals surface area contributed by atoms with Crippen LogP contribution in [0.3, 0.4) is 0 Å². The molecule has 170 valence electrons. The molecule has 0 aliphatic carbocycles. The normalized spacial score (nSPS) is 11.6. The zero-order chi connectivity index (χ0) is 23.4.